The van der Waals surface area contributed by atoms with Crippen molar-refractivity contribution in [2.24, 2.45) is 0 Å². The van der Waals surface area contributed by atoms with Crippen molar-refractivity contribution in [2.45, 2.75) is 6.54 Å². The second-order valence-electron chi connectivity index (χ2n) is 5.43. The summed E-state index contributed by atoms with van der Waals surface area (Å²) in [6.07, 6.45) is 2.95. The van der Waals surface area contributed by atoms with Gasteiger partial charge in [-0.25, -0.2) is 9.97 Å². The number of rotatable bonds is 6. The number of benzene rings is 2. The Bertz CT molecular complexity index is 883. The third kappa shape index (κ3) is 4.49. The van der Waals surface area contributed by atoms with Crippen LogP contribution in [0.5, 0.6) is 5.75 Å². The van der Waals surface area contributed by atoms with E-state index in [-0.39, 0.29) is 5.91 Å². The number of amides is 1. The normalized spacial score (nSPS) is 10.2. The summed E-state index contributed by atoms with van der Waals surface area (Å²) in [5.74, 6) is 0.813. The third-order valence-corrected chi connectivity index (χ3v) is 3.89. The predicted molar refractivity (Wildman–Crippen MR) is 101 cm³/mol. The van der Waals surface area contributed by atoms with E-state index in [9.17, 15) is 4.79 Å². The summed E-state index contributed by atoms with van der Waals surface area (Å²) < 4.78 is 5.27. The van der Waals surface area contributed by atoms with Crippen molar-refractivity contribution in [1.82, 2.24) is 15.3 Å². The number of halogens is 1. The minimum Gasteiger partial charge on any atom is -0.495 e. The van der Waals surface area contributed by atoms with Gasteiger partial charge >= 0.3 is 0 Å². The number of hydrogen-bond acceptors (Lipinski definition) is 5. The summed E-state index contributed by atoms with van der Waals surface area (Å²) >= 11 is 5.84. The van der Waals surface area contributed by atoms with Crippen molar-refractivity contribution in [2.75, 3.05) is 12.4 Å². The lowest BCUT2D eigenvalue weighted by Crippen LogP contribution is -2.23. The summed E-state index contributed by atoms with van der Waals surface area (Å²) in [7, 11) is 1.59. The van der Waals surface area contributed by atoms with E-state index in [0.29, 0.717) is 28.8 Å². The van der Waals surface area contributed by atoms with Crippen LogP contribution in [0.2, 0.25) is 5.02 Å². The number of methoxy groups -OCH3 is 1. The Hall–Kier alpha value is -3.12. The Kier molecular flexibility index (Phi) is 5.66. The van der Waals surface area contributed by atoms with Gasteiger partial charge in [0.2, 0.25) is 5.95 Å². The van der Waals surface area contributed by atoms with Crippen molar-refractivity contribution in [3.63, 3.8) is 0 Å². The van der Waals surface area contributed by atoms with E-state index in [1.54, 1.807) is 19.2 Å². The molecule has 1 heterocycles. The van der Waals surface area contributed by atoms with Crippen molar-refractivity contribution in [3.8, 4) is 5.75 Å². The van der Waals surface area contributed by atoms with Crippen LogP contribution in [0.25, 0.3) is 0 Å². The fourth-order valence-corrected chi connectivity index (χ4v) is 2.39. The first kappa shape index (κ1) is 17.7. The summed E-state index contributed by atoms with van der Waals surface area (Å²) in [5.41, 5.74) is 2.08. The van der Waals surface area contributed by atoms with Crippen LogP contribution in [0.4, 0.5) is 11.6 Å². The van der Waals surface area contributed by atoms with Crippen LogP contribution in [0.3, 0.4) is 0 Å². The standard InChI is InChI=1S/C19H17ClN4O2/c1-26-17-5-3-2-4-16(17)24-19-22-11-14(12-23-19)18(25)21-10-13-6-8-15(20)9-7-13/h2-9,11-12H,10H2,1H3,(H,21,25)(H,22,23,24). The number of carbonyl (C=O) groups excluding carboxylic acids is 1. The number of carbonyl (C=O) groups is 1. The highest BCUT2D eigenvalue weighted by Gasteiger charge is 2.08. The zero-order valence-electron chi connectivity index (χ0n) is 14.1. The highest BCUT2D eigenvalue weighted by molar-refractivity contribution is 6.30. The number of nitrogens with zero attached hydrogens (tertiary/aromatic N) is 2. The molecular weight excluding hydrogens is 352 g/mol. The molecule has 0 bridgehead atoms. The number of anilines is 2. The minimum absolute atomic E-state index is 0.246. The number of aromatic nitrogens is 2. The molecule has 2 N–H and O–H groups in total. The Morgan fingerprint density at radius 3 is 2.46 bits per heavy atom. The van der Waals surface area contributed by atoms with Gasteiger partial charge in [0.1, 0.15) is 5.75 Å². The molecule has 7 heteroatoms. The molecule has 0 aliphatic rings. The van der Waals surface area contributed by atoms with Gasteiger partial charge in [-0.15, -0.1) is 0 Å². The molecule has 0 aliphatic carbocycles. The molecule has 0 saturated carbocycles. The first-order chi connectivity index (χ1) is 12.7. The largest absolute Gasteiger partial charge is 0.495 e. The summed E-state index contributed by atoms with van der Waals surface area (Å²) in [6, 6.07) is 14.7. The maximum Gasteiger partial charge on any atom is 0.254 e. The summed E-state index contributed by atoms with van der Waals surface area (Å²) in [4.78, 5) is 20.6. The van der Waals surface area contributed by atoms with Crippen molar-refractivity contribution in [3.05, 3.63) is 77.1 Å². The first-order valence-electron chi connectivity index (χ1n) is 7.90. The van der Waals surface area contributed by atoms with Crippen LogP contribution in [0.15, 0.2) is 60.9 Å². The van der Waals surface area contributed by atoms with Gasteiger partial charge in [0.05, 0.1) is 18.4 Å². The van der Waals surface area contributed by atoms with Crippen LogP contribution in [0.1, 0.15) is 15.9 Å². The van der Waals surface area contributed by atoms with Gasteiger partial charge in [-0.2, -0.15) is 0 Å². The Labute approximate surface area is 156 Å². The van der Waals surface area contributed by atoms with Crippen LogP contribution in [-0.4, -0.2) is 23.0 Å². The topological polar surface area (TPSA) is 76.1 Å². The maximum absolute atomic E-state index is 12.2. The lowest BCUT2D eigenvalue weighted by atomic mass is 10.2. The molecule has 6 nitrogen and oxygen atoms in total. The third-order valence-electron chi connectivity index (χ3n) is 3.63. The van der Waals surface area contributed by atoms with Crippen LogP contribution in [-0.2, 0) is 6.54 Å². The zero-order valence-corrected chi connectivity index (χ0v) is 14.8. The number of para-hydroxylation sites is 2. The molecule has 0 fully saturated rings. The van der Waals surface area contributed by atoms with Crippen LogP contribution >= 0.6 is 11.6 Å². The first-order valence-corrected chi connectivity index (χ1v) is 8.28. The van der Waals surface area contributed by atoms with Crippen molar-refractivity contribution >= 4 is 29.1 Å². The molecule has 1 amide bonds. The lowest BCUT2D eigenvalue weighted by Gasteiger charge is -2.10. The monoisotopic (exact) mass is 368 g/mol. The average molecular weight is 369 g/mol. The van der Waals surface area contributed by atoms with Crippen molar-refractivity contribution < 1.29 is 9.53 Å². The van der Waals surface area contributed by atoms with Crippen LogP contribution < -0.4 is 15.4 Å². The van der Waals surface area contributed by atoms with Gasteiger partial charge in [-0.1, -0.05) is 35.9 Å². The molecule has 3 aromatic rings. The van der Waals surface area contributed by atoms with Crippen molar-refractivity contribution in [1.29, 1.82) is 0 Å². The molecule has 0 spiro atoms. The van der Waals surface area contributed by atoms with Gasteiger partial charge in [-0.05, 0) is 29.8 Å². The van der Waals surface area contributed by atoms with Gasteiger partial charge in [0.25, 0.3) is 5.91 Å². The van der Waals surface area contributed by atoms with Gasteiger partial charge in [-0.3, -0.25) is 4.79 Å². The predicted octanol–water partition coefficient (Wildman–Crippen LogP) is 3.81. The smallest absolute Gasteiger partial charge is 0.254 e. The van der Waals surface area contributed by atoms with Gasteiger partial charge < -0.3 is 15.4 Å². The Morgan fingerprint density at radius 2 is 1.77 bits per heavy atom. The number of ether oxygens (including phenoxy) is 1. The molecule has 132 valence electrons. The summed E-state index contributed by atoms with van der Waals surface area (Å²) in [5, 5.41) is 6.54. The molecule has 3 rings (SSSR count). The van der Waals surface area contributed by atoms with Crippen LogP contribution in [0, 0.1) is 0 Å². The highest BCUT2D eigenvalue weighted by Crippen LogP contribution is 2.25. The second kappa shape index (κ2) is 8.31. The number of nitrogens with one attached hydrogen (secondary N) is 2. The fraction of sp³-hybridized carbons (Fsp3) is 0.105. The maximum atomic E-state index is 12.2. The Balaban J connectivity index is 1.61. The highest BCUT2D eigenvalue weighted by atomic mass is 35.5. The average Bonchev–Trinajstić information content (AvgIpc) is 2.68. The minimum atomic E-state index is -0.246. The van der Waals surface area contributed by atoms with E-state index in [4.69, 9.17) is 16.3 Å². The number of hydrogen-bond donors (Lipinski definition) is 2. The van der Waals surface area contributed by atoms with E-state index >= 15 is 0 Å². The van der Waals surface area contributed by atoms with E-state index in [1.807, 2.05) is 36.4 Å². The molecule has 26 heavy (non-hydrogen) atoms. The molecule has 0 saturated heterocycles. The van der Waals surface area contributed by atoms with Gasteiger partial charge in [0.15, 0.2) is 0 Å². The molecule has 1 aromatic heterocycles. The Morgan fingerprint density at radius 1 is 1.08 bits per heavy atom. The van der Waals surface area contributed by atoms with Gasteiger partial charge in [0, 0.05) is 24.0 Å². The SMILES string of the molecule is COc1ccccc1Nc1ncc(C(=O)NCc2ccc(Cl)cc2)cn1. The molecule has 0 atom stereocenters. The lowest BCUT2D eigenvalue weighted by molar-refractivity contribution is 0.0950. The summed E-state index contributed by atoms with van der Waals surface area (Å²) in [6.45, 7) is 0.400. The van der Waals surface area contributed by atoms with E-state index in [1.165, 1.54) is 12.4 Å². The zero-order chi connectivity index (χ0) is 18.4. The molecule has 0 radical (unpaired) electrons. The van der Waals surface area contributed by atoms with E-state index < -0.39 is 0 Å². The quantitative estimate of drug-likeness (QED) is 0.691. The molecular formula is C19H17ClN4O2. The second-order valence-corrected chi connectivity index (χ2v) is 5.87. The molecule has 0 aliphatic heterocycles. The molecule has 2 aromatic carbocycles. The van der Waals surface area contributed by atoms with E-state index in [0.717, 1.165) is 11.3 Å². The fourth-order valence-electron chi connectivity index (χ4n) is 2.26. The van der Waals surface area contributed by atoms with E-state index in [2.05, 4.69) is 20.6 Å². The molecule has 0 unspecified atom stereocenters.